The molecule has 4 rings (SSSR count). The molecular formula is C19H24N4O3S. The Morgan fingerprint density at radius 1 is 1.37 bits per heavy atom. The zero-order chi connectivity index (χ0) is 18.7. The van der Waals surface area contributed by atoms with Crippen LogP contribution in [0, 0.1) is 5.41 Å². The average Bonchev–Trinajstić information content (AvgIpc) is 3.21. The quantitative estimate of drug-likeness (QED) is 0.597. The molecule has 0 radical (unpaired) electrons. The van der Waals surface area contributed by atoms with E-state index >= 15 is 0 Å². The fourth-order valence-corrected chi connectivity index (χ4v) is 4.71. The topological polar surface area (TPSA) is 91.5 Å². The number of nitrogens with zero attached hydrogens (tertiary/aromatic N) is 3. The molecular weight excluding hydrogens is 364 g/mol. The molecule has 0 aliphatic carbocycles. The molecule has 2 aliphatic rings. The van der Waals surface area contributed by atoms with Gasteiger partial charge < -0.3 is 19.7 Å². The van der Waals surface area contributed by atoms with Crippen LogP contribution in [0.5, 0.6) is 0 Å². The Morgan fingerprint density at radius 3 is 3.04 bits per heavy atom. The van der Waals surface area contributed by atoms with E-state index in [2.05, 4.69) is 15.3 Å². The molecule has 0 spiro atoms. The summed E-state index contributed by atoms with van der Waals surface area (Å²) < 4.78 is 5.77. The van der Waals surface area contributed by atoms with E-state index in [1.54, 1.807) is 24.5 Å². The van der Waals surface area contributed by atoms with E-state index in [1.807, 2.05) is 11.0 Å². The molecule has 2 atom stereocenters. The minimum atomic E-state index is -0.0876. The maximum atomic E-state index is 12.9. The number of aliphatic hydroxyl groups is 1. The summed E-state index contributed by atoms with van der Waals surface area (Å²) in [4.78, 5) is 23.0. The highest BCUT2D eigenvalue weighted by atomic mass is 32.2. The lowest BCUT2D eigenvalue weighted by atomic mass is 9.70. The molecule has 4 heterocycles. The largest absolute Gasteiger partial charge is 0.455 e. The predicted molar refractivity (Wildman–Crippen MR) is 101 cm³/mol. The van der Waals surface area contributed by atoms with Crippen molar-refractivity contribution in [1.82, 2.24) is 20.2 Å². The highest BCUT2D eigenvalue weighted by Crippen LogP contribution is 2.38. The highest BCUT2D eigenvalue weighted by molar-refractivity contribution is 7.98. The Hall–Kier alpha value is -1.90. The first-order valence-corrected chi connectivity index (χ1v) is 10.3. The van der Waals surface area contributed by atoms with E-state index in [4.69, 9.17) is 4.42 Å². The molecule has 2 fully saturated rings. The third kappa shape index (κ3) is 3.88. The number of hydrogen-bond donors (Lipinski definition) is 2. The van der Waals surface area contributed by atoms with E-state index in [0.717, 1.165) is 31.6 Å². The van der Waals surface area contributed by atoms with E-state index < -0.39 is 0 Å². The van der Waals surface area contributed by atoms with Crippen molar-refractivity contribution in [2.45, 2.75) is 36.2 Å². The first kappa shape index (κ1) is 18.5. The van der Waals surface area contributed by atoms with Gasteiger partial charge >= 0.3 is 0 Å². The van der Waals surface area contributed by atoms with Gasteiger partial charge in [0.1, 0.15) is 5.76 Å². The summed E-state index contributed by atoms with van der Waals surface area (Å²) >= 11 is 1.47. The van der Waals surface area contributed by atoms with Crippen molar-refractivity contribution < 1.29 is 14.3 Å². The standard InChI is InChI=1S/C19H24N4O3S/c24-13-19-5-1-7-20-16(19)11-23(10-6-19)17(25)15-4-3-14(26-15)12-27-18-21-8-2-9-22-18/h2-4,8-9,16,20,24H,1,5-7,10-13H2/t16-,19-/m1/s1. The summed E-state index contributed by atoms with van der Waals surface area (Å²) in [6.07, 6.45) is 6.33. The second-order valence-electron chi connectivity index (χ2n) is 7.22. The van der Waals surface area contributed by atoms with E-state index in [1.165, 1.54) is 11.8 Å². The van der Waals surface area contributed by atoms with Crippen LogP contribution in [-0.4, -0.2) is 58.2 Å². The molecule has 0 bridgehead atoms. The maximum absolute atomic E-state index is 12.9. The van der Waals surface area contributed by atoms with Gasteiger partial charge in [0, 0.05) is 36.9 Å². The summed E-state index contributed by atoms with van der Waals surface area (Å²) in [7, 11) is 0. The van der Waals surface area contributed by atoms with Gasteiger partial charge in [-0.05, 0) is 44.0 Å². The number of nitrogens with one attached hydrogen (secondary N) is 1. The fourth-order valence-electron chi connectivity index (χ4n) is 4.01. The number of aliphatic hydroxyl groups excluding tert-OH is 1. The Labute approximate surface area is 162 Å². The lowest BCUT2D eigenvalue weighted by molar-refractivity contribution is -0.00971. The molecule has 0 unspecified atom stereocenters. The van der Waals surface area contributed by atoms with Crippen molar-refractivity contribution in [1.29, 1.82) is 0 Å². The van der Waals surface area contributed by atoms with Crippen LogP contribution in [0.4, 0.5) is 0 Å². The third-order valence-corrected chi connectivity index (χ3v) is 6.52. The van der Waals surface area contributed by atoms with Crippen LogP contribution in [0.25, 0.3) is 0 Å². The molecule has 144 valence electrons. The summed E-state index contributed by atoms with van der Waals surface area (Å²) in [5.74, 6) is 1.59. The predicted octanol–water partition coefficient (Wildman–Crippen LogP) is 1.94. The van der Waals surface area contributed by atoms with E-state index in [0.29, 0.717) is 29.8 Å². The number of fused-ring (bicyclic) bond motifs is 1. The zero-order valence-corrected chi connectivity index (χ0v) is 16.0. The maximum Gasteiger partial charge on any atom is 0.289 e. The van der Waals surface area contributed by atoms with Gasteiger partial charge in [0.25, 0.3) is 5.91 Å². The van der Waals surface area contributed by atoms with Crippen molar-refractivity contribution in [3.05, 3.63) is 42.1 Å². The van der Waals surface area contributed by atoms with Crippen molar-refractivity contribution in [3.8, 4) is 0 Å². The SMILES string of the molecule is O=C(c1ccc(CSc2ncccn2)o1)N1CC[C@@]2(CO)CCCN[C@@H]2C1. The second-order valence-corrected chi connectivity index (χ2v) is 8.16. The van der Waals surface area contributed by atoms with Gasteiger partial charge in [-0.3, -0.25) is 4.79 Å². The van der Waals surface area contributed by atoms with Crippen LogP contribution in [0.3, 0.4) is 0 Å². The zero-order valence-electron chi connectivity index (χ0n) is 15.1. The molecule has 2 N–H and O–H groups in total. The molecule has 7 nitrogen and oxygen atoms in total. The number of carbonyl (C=O) groups is 1. The molecule has 8 heteroatoms. The number of amides is 1. The lowest BCUT2D eigenvalue weighted by Gasteiger charge is -2.50. The van der Waals surface area contributed by atoms with Crippen LogP contribution in [0.15, 0.2) is 40.2 Å². The minimum absolute atomic E-state index is 0.0823. The van der Waals surface area contributed by atoms with E-state index in [9.17, 15) is 9.90 Å². The second kappa shape index (κ2) is 8.00. The Morgan fingerprint density at radius 2 is 2.22 bits per heavy atom. The minimum Gasteiger partial charge on any atom is -0.455 e. The summed E-state index contributed by atoms with van der Waals surface area (Å²) in [6, 6.07) is 5.50. The number of carbonyl (C=O) groups excluding carboxylic acids is 1. The number of hydrogen-bond acceptors (Lipinski definition) is 7. The number of rotatable bonds is 5. The van der Waals surface area contributed by atoms with Crippen molar-refractivity contribution >= 4 is 17.7 Å². The first-order chi connectivity index (χ1) is 13.2. The van der Waals surface area contributed by atoms with Gasteiger partial charge in [-0.25, -0.2) is 9.97 Å². The molecule has 2 aromatic rings. The van der Waals surface area contributed by atoms with Crippen LogP contribution in [0.2, 0.25) is 0 Å². The Bertz CT molecular complexity index is 784. The van der Waals surface area contributed by atoms with Gasteiger partial charge in [0.15, 0.2) is 10.9 Å². The monoisotopic (exact) mass is 388 g/mol. The number of thioether (sulfide) groups is 1. The molecule has 1 amide bonds. The van der Waals surface area contributed by atoms with Crippen molar-refractivity contribution in [2.24, 2.45) is 5.41 Å². The lowest BCUT2D eigenvalue weighted by Crippen LogP contribution is -2.62. The number of piperidine rings is 2. The van der Waals surface area contributed by atoms with Crippen LogP contribution in [0.1, 0.15) is 35.6 Å². The van der Waals surface area contributed by atoms with Gasteiger partial charge in [0.05, 0.1) is 12.4 Å². The Balaban J connectivity index is 1.38. The number of furan rings is 1. The molecule has 2 aromatic heterocycles. The van der Waals surface area contributed by atoms with Crippen molar-refractivity contribution in [3.63, 3.8) is 0 Å². The van der Waals surface area contributed by atoms with Crippen molar-refractivity contribution in [2.75, 3.05) is 26.2 Å². The smallest absolute Gasteiger partial charge is 0.289 e. The molecule has 2 saturated heterocycles. The van der Waals surface area contributed by atoms with Gasteiger partial charge in [-0.15, -0.1) is 0 Å². The van der Waals surface area contributed by atoms with Gasteiger partial charge in [0.2, 0.25) is 0 Å². The molecule has 27 heavy (non-hydrogen) atoms. The van der Waals surface area contributed by atoms with Gasteiger partial charge in [-0.1, -0.05) is 11.8 Å². The summed E-state index contributed by atoms with van der Waals surface area (Å²) in [6.45, 7) is 2.39. The number of aromatic nitrogens is 2. The van der Waals surface area contributed by atoms with Gasteiger partial charge in [-0.2, -0.15) is 0 Å². The average molecular weight is 388 g/mol. The third-order valence-electron chi connectivity index (χ3n) is 5.62. The first-order valence-electron chi connectivity index (χ1n) is 9.32. The van der Waals surface area contributed by atoms with Crippen LogP contribution in [-0.2, 0) is 5.75 Å². The summed E-state index contributed by atoms with van der Waals surface area (Å²) in [5.41, 5.74) is -0.0876. The molecule has 0 aromatic carbocycles. The van der Waals surface area contributed by atoms with E-state index in [-0.39, 0.29) is 24.0 Å². The molecule has 2 aliphatic heterocycles. The Kier molecular flexibility index (Phi) is 5.47. The summed E-state index contributed by atoms with van der Waals surface area (Å²) in [5, 5.41) is 14.1. The highest BCUT2D eigenvalue weighted by Gasteiger charge is 2.45. The fraction of sp³-hybridized carbons (Fsp3) is 0.526. The number of likely N-dealkylation sites (tertiary alicyclic amines) is 1. The molecule has 0 saturated carbocycles. The normalized spacial score (nSPS) is 25.2. The van der Waals surface area contributed by atoms with Crippen LogP contribution >= 0.6 is 11.8 Å². The van der Waals surface area contributed by atoms with Crippen LogP contribution < -0.4 is 5.32 Å².